The first-order chi connectivity index (χ1) is 9.15. The van der Waals surface area contributed by atoms with Gasteiger partial charge in [-0.1, -0.05) is 0 Å². The van der Waals surface area contributed by atoms with E-state index in [0.717, 1.165) is 19.4 Å². The molecule has 2 N–H and O–H groups in total. The number of hydrogen-bond donors (Lipinski definition) is 2. The lowest BCUT2D eigenvalue weighted by Crippen LogP contribution is -2.51. The molecule has 0 spiro atoms. The van der Waals surface area contributed by atoms with E-state index in [2.05, 4.69) is 5.32 Å². The second-order valence-electron chi connectivity index (χ2n) is 5.22. The molecular weight excluding hydrogens is 248 g/mol. The number of aliphatic carboxylic acids is 1. The average molecular weight is 270 g/mol. The lowest BCUT2D eigenvalue weighted by atomic mass is 9.95. The van der Waals surface area contributed by atoms with Gasteiger partial charge in [-0.2, -0.15) is 0 Å². The number of piperidine rings is 1. The minimum atomic E-state index is -0.879. The Kier molecular flexibility index (Phi) is 4.76. The van der Waals surface area contributed by atoms with Crippen molar-refractivity contribution in [1.82, 2.24) is 10.2 Å². The summed E-state index contributed by atoms with van der Waals surface area (Å²) < 4.78 is 5.26. The van der Waals surface area contributed by atoms with E-state index >= 15 is 0 Å². The molecule has 108 valence electrons. The average Bonchev–Trinajstić information content (AvgIpc) is 2.90. The van der Waals surface area contributed by atoms with Crippen LogP contribution in [-0.4, -0.2) is 60.8 Å². The highest BCUT2D eigenvalue weighted by Crippen LogP contribution is 2.23. The molecule has 2 fully saturated rings. The van der Waals surface area contributed by atoms with Crippen molar-refractivity contribution >= 4 is 11.9 Å². The first kappa shape index (κ1) is 14.3. The van der Waals surface area contributed by atoms with Crippen LogP contribution in [0, 0.1) is 11.8 Å². The largest absolute Gasteiger partial charge is 0.481 e. The smallest absolute Gasteiger partial charge is 0.311 e. The van der Waals surface area contributed by atoms with Crippen molar-refractivity contribution in [1.29, 1.82) is 0 Å². The summed E-state index contributed by atoms with van der Waals surface area (Å²) in [5.41, 5.74) is 0. The van der Waals surface area contributed by atoms with Crippen LogP contribution in [0.25, 0.3) is 0 Å². The van der Waals surface area contributed by atoms with Gasteiger partial charge in [0.2, 0.25) is 5.91 Å². The molecule has 2 aliphatic heterocycles. The van der Waals surface area contributed by atoms with E-state index in [1.165, 1.54) is 0 Å². The topological polar surface area (TPSA) is 78.9 Å². The summed E-state index contributed by atoms with van der Waals surface area (Å²) in [6, 6.07) is -0.322. The summed E-state index contributed by atoms with van der Waals surface area (Å²) >= 11 is 0. The molecule has 6 heteroatoms. The monoisotopic (exact) mass is 270 g/mol. The number of likely N-dealkylation sites (N-methyl/N-ethyl adjacent to an activating group) is 1. The van der Waals surface area contributed by atoms with Crippen LogP contribution in [0.2, 0.25) is 0 Å². The Morgan fingerprint density at radius 3 is 2.79 bits per heavy atom. The fourth-order valence-electron chi connectivity index (χ4n) is 2.94. The molecule has 0 aromatic heterocycles. The summed E-state index contributed by atoms with van der Waals surface area (Å²) in [5, 5.41) is 12.4. The van der Waals surface area contributed by atoms with E-state index in [0.29, 0.717) is 19.7 Å². The number of carbonyl (C=O) groups is 2. The number of carboxylic acids is 1. The summed E-state index contributed by atoms with van der Waals surface area (Å²) in [6.07, 6.45) is 1.88. The van der Waals surface area contributed by atoms with Crippen LogP contribution in [0.5, 0.6) is 0 Å². The zero-order chi connectivity index (χ0) is 13.8. The molecule has 0 aliphatic carbocycles. The van der Waals surface area contributed by atoms with Crippen molar-refractivity contribution in [2.45, 2.75) is 25.8 Å². The van der Waals surface area contributed by atoms with E-state index in [1.54, 1.807) is 4.90 Å². The second-order valence-corrected chi connectivity index (χ2v) is 5.22. The number of amides is 1. The van der Waals surface area contributed by atoms with E-state index in [-0.39, 0.29) is 24.5 Å². The number of carbonyl (C=O) groups excluding carboxylic acids is 1. The van der Waals surface area contributed by atoms with Crippen LogP contribution < -0.4 is 5.32 Å². The molecular formula is C13H22N2O4. The molecule has 0 aromatic rings. The number of nitrogens with one attached hydrogen (secondary N) is 1. The van der Waals surface area contributed by atoms with Gasteiger partial charge in [-0.15, -0.1) is 0 Å². The summed E-state index contributed by atoms with van der Waals surface area (Å²) in [6.45, 7) is 4.61. The maximum atomic E-state index is 12.5. The van der Waals surface area contributed by atoms with Crippen molar-refractivity contribution in [3.05, 3.63) is 0 Å². The van der Waals surface area contributed by atoms with Crippen LogP contribution in [0.1, 0.15) is 19.8 Å². The quantitative estimate of drug-likeness (QED) is 0.748. The molecule has 19 heavy (non-hydrogen) atoms. The molecule has 3 atom stereocenters. The van der Waals surface area contributed by atoms with Crippen LogP contribution in [0.4, 0.5) is 0 Å². The summed E-state index contributed by atoms with van der Waals surface area (Å²) in [4.78, 5) is 25.4. The zero-order valence-corrected chi connectivity index (χ0v) is 11.3. The predicted octanol–water partition coefficient (Wildman–Crippen LogP) is -0.0659. The van der Waals surface area contributed by atoms with E-state index < -0.39 is 11.9 Å². The van der Waals surface area contributed by atoms with Crippen molar-refractivity contribution in [2.24, 2.45) is 11.8 Å². The minimum Gasteiger partial charge on any atom is -0.481 e. The second kappa shape index (κ2) is 6.34. The third kappa shape index (κ3) is 3.06. The standard InChI is InChI=1S/C13H22N2O4/c1-2-15(11-8-19-7-10(11)13(17)18)12(16)9-4-3-5-14-6-9/h9-11,14H,2-8H2,1H3,(H,17,18)/t9-,10?,11?/m1/s1. The van der Waals surface area contributed by atoms with Gasteiger partial charge in [0.1, 0.15) is 5.92 Å². The third-order valence-corrected chi connectivity index (χ3v) is 4.04. The molecule has 2 rings (SSSR count). The van der Waals surface area contributed by atoms with Gasteiger partial charge in [0.15, 0.2) is 0 Å². The molecule has 0 aromatic carbocycles. The van der Waals surface area contributed by atoms with Gasteiger partial charge in [-0.3, -0.25) is 9.59 Å². The van der Waals surface area contributed by atoms with Gasteiger partial charge in [0, 0.05) is 13.1 Å². The van der Waals surface area contributed by atoms with Gasteiger partial charge < -0.3 is 20.1 Å². The Labute approximate surface area is 113 Å². The first-order valence-electron chi connectivity index (χ1n) is 6.97. The van der Waals surface area contributed by atoms with Gasteiger partial charge in [-0.25, -0.2) is 0 Å². The lowest BCUT2D eigenvalue weighted by Gasteiger charge is -2.34. The molecule has 2 aliphatic rings. The van der Waals surface area contributed by atoms with Gasteiger partial charge in [-0.05, 0) is 26.3 Å². The minimum absolute atomic E-state index is 0.0243. The number of nitrogens with zero attached hydrogens (tertiary/aromatic N) is 1. The maximum Gasteiger partial charge on any atom is 0.311 e. The molecule has 0 radical (unpaired) electrons. The Balaban J connectivity index is 2.05. The highest BCUT2D eigenvalue weighted by Gasteiger charge is 2.40. The Morgan fingerprint density at radius 2 is 2.21 bits per heavy atom. The normalized spacial score (nSPS) is 31.1. The molecule has 1 amide bonds. The molecule has 2 heterocycles. The van der Waals surface area contributed by atoms with Crippen LogP contribution >= 0.6 is 0 Å². The molecule has 2 unspecified atom stereocenters. The van der Waals surface area contributed by atoms with Gasteiger partial charge in [0.05, 0.1) is 25.2 Å². The summed E-state index contributed by atoms with van der Waals surface area (Å²) in [7, 11) is 0. The number of rotatable bonds is 4. The highest BCUT2D eigenvalue weighted by atomic mass is 16.5. The highest BCUT2D eigenvalue weighted by molar-refractivity contribution is 5.81. The number of carboxylic acid groups (broad SMARTS) is 1. The van der Waals surface area contributed by atoms with E-state index in [9.17, 15) is 14.7 Å². The number of hydrogen-bond acceptors (Lipinski definition) is 4. The van der Waals surface area contributed by atoms with Crippen LogP contribution in [0.3, 0.4) is 0 Å². The van der Waals surface area contributed by atoms with Crippen molar-refractivity contribution in [3.8, 4) is 0 Å². The zero-order valence-electron chi connectivity index (χ0n) is 11.3. The molecule has 0 saturated carbocycles. The van der Waals surface area contributed by atoms with Crippen molar-refractivity contribution in [2.75, 3.05) is 32.8 Å². The fourth-order valence-corrected chi connectivity index (χ4v) is 2.94. The molecule has 0 bridgehead atoms. The van der Waals surface area contributed by atoms with E-state index in [1.807, 2.05) is 6.92 Å². The maximum absolute atomic E-state index is 12.5. The Hall–Kier alpha value is -1.14. The third-order valence-electron chi connectivity index (χ3n) is 4.04. The Morgan fingerprint density at radius 1 is 1.42 bits per heavy atom. The lowest BCUT2D eigenvalue weighted by molar-refractivity contribution is -0.146. The van der Waals surface area contributed by atoms with Crippen LogP contribution in [0.15, 0.2) is 0 Å². The SMILES string of the molecule is CCN(C(=O)[C@@H]1CCCNC1)C1COCC1C(=O)O. The van der Waals surface area contributed by atoms with Crippen molar-refractivity contribution < 1.29 is 19.4 Å². The molecule has 6 nitrogen and oxygen atoms in total. The number of ether oxygens (including phenoxy) is 1. The van der Waals surface area contributed by atoms with E-state index in [4.69, 9.17) is 4.74 Å². The van der Waals surface area contributed by atoms with Crippen LogP contribution in [-0.2, 0) is 14.3 Å². The first-order valence-corrected chi connectivity index (χ1v) is 6.97. The molecule has 2 saturated heterocycles. The Bertz CT molecular complexity index is 342. The van der Waals surface area contributed by atoms with Crippen molar-refractivity contribution in [3.63, 3.8) is 0 Å². The fraction of sp³-hybridized carbons (Fsp3) is 0.846. The predicted molar refractivity (Wildman–Crippen MR) is 68.7 cm³/mol. The van der Waals surface area contributed by atoms with Gasteiger partial charge in [0.25, 0.3) is 0 Å². The summed E-state index contributed by atoms with van der Waals surface area (Å²) in [5.74, 6) is -1.43. The van der Waals surface area contributed by atoms with Gasteiger partial charge >= 0.3 is 5.97 Å².